The third-order valence-electron chi connectivity index (χ3n) is 6.65. The maximum atomic E-state index is 13.4. The molecule has 0 saturated carbocycles. The molecule has 2 N–H and O–H groups in total. The number of hydrogen-bond donors (Lipinski definition) is 2. The standard InChI is InChI=1S/C28H25N5O3/c1-16-10-22(18(3)30-24-9-8-19(12-29)11-23(24)28(35)36)26-31-25(17(2)27(34)33(26)13-16)32-14-20-6-4-5-7-21(20)15-32/h4-11,13,18,30H,14-15H2,1-3H3,(H,35,36). The Bertz CT molecular complexity index is 1610. The van der Waals surface area contributed by atoms with E-state index in [2.05, 4.69) is 22.3 Å². The second-order valence-electron chi connectivity index (χ2n) is 9.20. The summed E-state index contributed by atoms with van der Waals surface area (Å²) in [4.78, 5) is 32.4. The van der Waals surface area contributed by atoms with Crippen LogP contribution in [0.25, 0.3) is 5.65 Å². The van der Waals surface area contributed by atoms with E-state index in [-0.39, 0.29) is 22.7 Å². The molecule has 1 aliphatic rings. The zero-order valence-electron chi connectivity index (χ0n) is 20.2. The van der Waals surface area contributed by atoms with Gasteiger partial charge < -0.3 is 15.3 Å². The number of pyridine rings is 1. The highest BCUT2D eigenvalue weighted by atomic mass is 16.4. The van der Waals surface area contributed by atoms with E-state index in [4.69, 9.17) is 10.2 Å². The molecule has 0 saturated heterocycles. The molecule has 8 nitrogen and oxygen atoms in total. The van der Waals surface area contributed by atoms with Gasteiger partial charge in [0.25, 0.3) is 5.56 Å². The zero-order chi connectivity index (χ0) is 25.6. The van der Waals surface area contributed by atoms with Gasteiger partial charge in [0.15, 0.2) is 0 Å². The van der Waals surface area contributed by atoms with Crippen LogP contribution in [0.2, 0.25) is 0 Å². The molecular formula is C28H25N5O3. The second-order valence-corrected chi connectivity index (χ2v) is 9.20. The van der Waals surface area contributed by atoms with Gasteiger partial charge in [-0.2, -0.15) is 5.26 Å². The average Bonchev–Trinajstić information content (AvgIpc) is 3.30. The number of aromatic carboxylic acids is 1. The topological polar surface area (TPSA) is 111 Å². The SMILES string of the molecule is Cc1cc(C(C)Nc2ccc(C#N)cc2C(=O)O)c2nc(N3Cc4ccccc4C3)c(C)c(=O)n2c1. The van der Waals surface area contributed by atoms with E-state index in [1.165, 1.54) is 17.2 Å². The minimum absolute atomic E-state index is 0.00866. The molecule has 8 heteroatoms. The van der Waals surface area contributed by atoms with Crippen molar-refractivity contribution in [3.8, 4) is 6.07 Å². The molecule has 2 aromatic carbocycles. The molecule has 3 heterocycles. The molecule has 1 unspecified atom stereocenters. The molecule has 5 rings (SSSR count). The Morgan fingerprint density at radius 2 is 1.83 bits per heavy atom. The summed E-state index contributed by atoms with van der Waals surface area (Å²) < 4.78 is 1.57. The molecule has 0 fully saturated rings. The fourth-order valence-corrected chi connectivity index (χ4v) is 4.82. The molecule has 0 aliphatic carbocycles. The van der Waals surface area contributed by atoms with Gasteiger partial charge in [-0.1, -0.05) is 24.3 Å². The third kappa shape index (κ3) is 3.95. The Morgan fingerprint density at radius 1 is 1.14 bits per heavy atom. The first kappa shape index (κ1) is 23.1. The Morgan fingerprint density at radius 3 is 2.47 bits per heavy atom. The molecule has 180 valence electrons. The molecule has 0 bridgehead atoms. The summed E-state index contributed by atoms with van der Waals surface area (Å²) in [6.45, 7) is 6.98. The predicted octanol–water partition coefficient (Wildman–Crippen LogP) is 4.57. The number of anilines is 2. The first-order chi connectivity index (χ1) is 17.3. The molecule has 4 aromatic rings. The van der Waals surface area contributed by atoms with Crippen molar-refractivity contribution in [2.24, 2.45) is 0 Å². The number of aromatic nitrogens is 2. The van der Waals surface area contributed by atoms with Gasteiger partial charge >= 0.3 is 5.97 Å². The lowest BCUT2D eigenvalue weighted by atomic mass is 10.0. The van der Waals surface area contributed by atoms with Crippen molar-refractivity contribution in [1.29, 1.82) is 5.26 Å². The molecule has 1 aliphatic heterocycles. The zero-order valence-corrected chi connectivity index (χ0v) is 20.2. The van der Waals surface area contributed by atoms with E-state index in [0.717, 1.165) is 11.1 Å². The van der Waals surface area contributed by atoms with Crippen molar-refractivity contribution in [2.45, 2.75) is 39.9 Å². The van der Waals surface area contributed by atoms with Crippen molar-refractivity contribution in [3.05, 3.63) is 104 Å². The van der Waals surface area contributed by atoms with Crippen LogP contribution in [-0.2, 0) is 13.1 Å². The van der Waals surface area contributed by atoms with Crippen LogP contribution in [0.4, 0.5) is 11.5 Å². The van der Waals surface area contributed by atoms with Gasteiger partial charge in [0.2, 0.25) is 0 Å². The van der Waals surface area contributed by atoms with Crippen molar-refractivity contribution < 1.29 is 9.90 Å². The van der Waals surface area contributed by atoms with E-state index >= 15 is 0 Å². The number of aryl methyl sites for hydroxylation is 1. The smallest absolute Gasteiger partial charge is 0.337 e. The highest BCUT2D eigenvalue weighted by Gasteiger charge is 2.25. The lowest BCUT2D eigenvalue weighted by Crippen LogP contribution is -2.27. The lowest BCUT2D eigenvalue weighted by molar-refractivity contribution is 0.0698. The lowest BCUT2D eigenvalue weighted by Gasteiger charge is -2.23. The van der Waals surface area contributed by atoms with Crippen LogP contribution in [0.15, 0.2) is 59.5 Å². The Hall–Kier alpha value is -4.64. The van der Waals surface area contributed by atoms with E-state index in [1.807, 2.05) is 38.1 Å². The highest BCUT2D eigenvalue weighted by molar-refractivity contribution is 5.94. The number of rotatable bonds is 5. The van der Waals surface area contributed by atoms with Crippen molar-refractivity contribution in [2.75, 3.05) is 10.2 Å². The summed E-state index contributed by atoms with van der Waals surface area (Å²) in [5.74, 6) is -0.477. The van der Waals surface area contributed by atoms with Crippen LogP contribution in [0, 0.1) is 25.2 Å². The highest BCUT2D eigenvalue weighted by Crippen LogP contribution is 2.31. The number of nitriles is 1. The van der Waals surface area contributed by atoms with Crippen LogP contribution < -0.4 is 15.8 Å². The van der Waals surface area contributed by atoms with Crippen LogP contribution in [0.1, 0.15) is 56.7 Å². The van der Waals surface area contributed by atoms with Gasteiger partial charge in [-0.25, -0.2) is 9.78 Å². The van der Waals surface area contributed by atoms with Crippen LogP contribution in [0.5, 0.6) is 0 Å². The number of nitrogens with one attached hydrogen (secondary N) is 1. The molecule has 36 heavy (non-hydrogen) atoms. The number of nitrogens with zero attached hydrogens (tertiary/aromatic N) is 4. The van der Waals surface area contributed by atoms with Gasteiger partial charge in [0.1, 0.15) is 11.5 Å². The normalized spacial score (nSPS) is 13.3. The number of hydrogen-bond acceptors (Lipinski definition) is 6. The van der Waals surface area contributed by atoms with Crippen molar-refractivity contribution in [3.63, 3.8) is 0 Å². The maximum absolute atomic E-state index is 13.4. The van der Waals surface area contributed by atoms with E-state index in [0.29, 0.717) is 35.8 Å². The van der Waals surface area contributed by atoms with Crippen LogP contribution in [0.3, 0.4) is 0 Å². The summed E-state index contributed by atoms with van der Waals surface area (Å²) in [5, 5.41) is 22.1. The molecule has 0 radical (unpaired) electrons. The van der Waals surface area contributed by atoms with Crippen LogP contribution in [-0.4, -0.2) is 20.5 Å². The van der Waals surface area contributed by atoms with Gasteiger partial charge in [-0.3, -0.25) is 9.20 Å². The summed E-state index contributed by atoms with van der Waals surface area (Å²) in [6.07, 6.45) is 1.78. The van der Waals surface area contributed by atoms with Crippen molar-refractivity contribution in [1.82, 2.24) is 9.38 Å². The van der Waals surface area contributed by atoms with E-state index in [1.54, 1.807) is 29.7 Å². The first-order valence-corrected chi connectivity index (χ1v) is 11.7. The van der Waals surface area contributed by atoms with Gasteiger partial charge in [0.05, 0.1) is 28.8 Å². The van der Waals surface area contributed by atoms with Gasteiger partial charge in [-0.15, -0.1) is 0 Å². The quantitative estimate of drug-likeness (QED) is 0.431. The molecule has 1 atom stereocenters. The van der Waals surface area contributed by atoms with Gasteiger partial charge in [-0.05, 0) is 61.7 Å². The average molecular weight is 480 g/mol. The Labute approximate surface area is 208 Å². The van der Waals surface area contributed by atoms with E-state index < -0.39 is 5.97 Å². The maximum Gasteiger partial charge on any atom is 0.337 e. The number of carbonyl (C=O) groups is 1. The minimum atomic E-state index is -1.13. The molecular weight excluding hydrogens is 454 g/mol. The largest absolute Gasteiger partial charge is 0.478 e. The minimum Gasteiger partial charge on any atom is -0.478 e. The summed E-state index contributed by atoms with van der Waals surface area (Å²) in [6, 6.07) is 16.3. The Kier molecular flexibility index (Phi) is 5.69. The predicted molar refractivity (Wildman–Crippen MR) is 137 cm³/mol. The fourth-order valence-electron chi connectivity index (χ4n) is 4.82. The van der Waals surface area contributed by atoms with E-state index in [9.17, 15) is 14.7 Å². The van der Waals surface area contributed by atoms with Gasteiger partial charge in [0, 0.05) is 30.5 Å². The second kappa shape index (κ2) is 8.86. The molecule has 0 spiro atoms. The molecule has 2 aromatic heterocycles. The monoisotopic (exact) mass is 479 g/mol. The number of fused-ring (bicyclic) bond motifs is 2. The fraction of sp³-hybridized carbons (Fsp3) is 0.214. The summed E-state index contributed by atoms with van der Waals surface area (Å²) in [7, 11) is 0. The Balaban J connectivity index is 1.60. The summed E-state index contributed by atoms with van der Waals surface area (Å²) >= 11 is 0. The number of carboxylic acid groups (broad SMARTS) is 1. The third-order valence-corrected chi connectivity index (χ3v) is 6.65. The number of benzene rings is 2. The first-order valence-electron chi connectivity index (χ1n) is 11.7. The molecule has 0 amide bonds. The van der Waals surface area contributed by atoms with Crippen molar-refractivity contribution >= 4 is 23.1 Å². The van der Waals surface area contributed by atoms with Crippen LogP contribution >= 0.6 is 0 Å². The summed E-state index contributed by atoms with van der Waals surface area (Å²) in [5.41, 5.74) is 5.73. The number of carboxylic acids is 1.